The van der Waals surface area contributed by atoms with Crippen LogP contribution in [-0.4, -0.2) is 51.7 Å². The van der Waals surface area contributed by atoms with Crippen molar-refractivity contribution in [1.82, 2.24) is 20.5 Å². The van der Waals surface area contributed by atoms with Gasteiger partial charge in [-0.15, -0.1) is 0 Å². The van der Waals surface area contributed by atoms with Crippen molar-refractivity contribution in [2.24, 2.45) is 22.9 Å². The molecule has 2 aliphatic heterocycles. The number of amides is 2. The molecule has 1 aromatic carbocycles. The smallest absolute Gasteiger partial charge is 0.230 e. The van der Waals surface area contributed by atoms with Crippen LogP contribution in [0.3, 0.4) is 0 Å². The predicted molar refractivity (Wildman–Crippen MR) is 140 cm³/mol. The van der Waals surface area contributed by atoms with Crippen molar-refractivity contribution in [2.75, 3.05) is 6.54 Å². The van der Waals surface area contributed by atoms with E-state index in [0.29, 0.717) is 30.7 Å². The van der Waals surface area contributed by atoms with E-state index in [0.717, 1.165) is 42.8 Å². The Bertz CT molecular complexity index is 981. The van der Waals surface area contributed by atoms with Gasteiger partial charge in [0.25, 0.3) is 0 Å². The first kappa shape index (κ1) is 25.4. The first-order chi connectivity index (χ1) is 17.4. The molecule has 0 aromatic heterocycles. The lowest BCUT2D eigenvalue weighted by Gasteiger charge is -2.51. The SMILES string of the molecule is CC(C)CCN1C(=O)C2CCC(C(=O)NC3CCCC3)CC2N2C(SCc3ccc(F)cc3)=NNC12. The molecule has 0 radical (unpaired) electrons. The maximum absolute atomic E-state index is 13.7. The van der Waals surface area contributed by atoms with E-state index in [9.17, 15) is 14.0 Å². The molecule has 0 spiro atoms. The zero-order valence-corrected chi connectivity index (χ0v) is 22.1. The van der Waals surface area contributed by atoms with E-state index in [1.165, 1.54) is 25.0 Å². The summed E-state index contributed by atoms with van der Waals surface area (Å²) in [5, 5.41) is 8.79. The molecule has 5 rings (SSSR count). The van der Waals surface area contributed by atoms with Gasteiger partial charge >= 0.3 is 0 Å². The summed E-state index contributed by atoms with van der Waals surface area (Å²) in [7, 11) is 0. The maximum atomic E-state index is 13.7. The number of fused-ring (bicyclic) bond motifs is 3. The summed E-state index contributed by atoms with van der Waals surface area (Å²) in [4.78, 5) is 31.0. The van der Waals surface area contributed by atoms with E-state index < -0.39 is 0 Å². The Morgan fingerprint density at radius 3 is 2.67 bits per heavy atom. The van der Waals surface area contributed by atoms with Gasteiger partial charge in [0.2, 0.25) is 11.8 Å². The van der Waals surface area contributed by atoms with Gasteiger partial charge < -0.3 is 15.1 Å². The standard InChI is InChI=1S/C27H38FN5O2S/c1-17(2)13-14-32-25(35)22-12-9-19(24(34)29-21-5-3-4-6-21)15-23(22)33-26(32)30-31-27(33)36-16-18-7-10-20(28)11-8-18/h7-8,10-11,17,19,21-23,26,30H,3-6,9,12-16H2,1-2H3,(H,29,34). The van der Waals surface area contributed by atoms with Gasteiger partial charge in [0, 0.05) is 30.3 Å². The number of nitrogens with zero attached hydrogens (tertiary/aromatic N) is 3. The highest BCUT2D eigenvalue weighted by Gasteiger charge is 2.53. The molecule has 2 amide bonds. The second-order valence-corrected chi connectivity index (χ2v) is 12.0. The largest absolute Gasteiger partial charge is 0.353 e. The molecule has 7 nitrogen and oxygen atoms in total. The zero-order chi connectivity index (χ0) is 25.2. The van der Waals surface area contributed by atoms with Crippen molar-refractivity contribution in [3.63, 3.8) is 0 Å². The zero-order valence-electron chi connectivity index (χ0n) is 21.3. The Morgan fingerprint density at radius 2 is 1.94 bits per heavy atom. The molecule has 4 aliphatic rings. The van der Waals surface area contributed by atoms with Crippen molar-refractivity contribution in [3.8, 4) is 0 Å². The summed E-state index contributed by atoms with van der Waals surface area (Å²) < 4.78 is 13.4. The summed E-state index contributed by atoms with van der Waals surface area (Å²) >= 11 is 1.60. The summed E-state index contributed by atoms with van der Waals surface area (Å²) in [5.74, 6) is 1.04. The highest BCUT2D eigenvalue weighted by molar-refractivity contribution is 8.13. The summed E-state index contributed by atoms with van der Waals surface area (Å²) in [6, 6.07) is 6.80. The van der Waals surface area contributed by atoms with Crippen LogP contribution in [0.2, 0.25) is 0 Å². The first-order valence-corrected chi connectivity index (χ1v) is 14.5. The normalized spacial score (nSPS) is 28.1. The number of amidine groups is 1. The molecule has 36 heavy (non-hydrogen) atoms. The number of carbonyl (C=O) groups is 2. The van der Waals surface area contributed by atoms with Crippen LogP contribution in [0.4, 0.5) is 4.39 Å². The third-order valence-corrected chi connectivity index (χ3v) is 9.17. The quantitative estimate of drug-likeness (QED) is 0.568. The summed E-state index contributed by atoms with van der Waals surface area (Å²) in [6.45, 7) is 5.03. The molecule has 2 aliphatic carbocycles. The number of rotatable bonds is 7. The van der Waals surface area contributed by atoms with Gasteiger partial charge in [-0.1, -0.05) is 50.6 Å². The van der Waals surface area contributed by atoms with E-state index in [-0.39, 0.29) is 41.8 Å². The van der Waals surface area contributed by atoms with Gasteiger partial charge in [0.05, 0.1) is 5.92 Å². The molecule has 9 heteroatoms. The fourth-order valence-electron chi connectivity index (χ4n) is 6.05. The second-order valence-electron chi connectivity index (χ2n) is 11.1. The van der Waals surface area contributed by atoms with Crippen LogP contribution >= 0.6 is 11.8 Å². The van der Waals surface area contributed by atoms with E-state index in [1.54, 1.807) is 23.9 Å². The Labute approximate surface area is 217 Å². The minimum atomic E-state index is -0.315. The van der Waals surface area contributed by atoms with Gasteiger partial charge in [-0.3, -0.25) is 15.0 Å². The highest BCUT2D eigenvalue weighted by Crippen LogP contribution is 2.41. The number of halogens is 1. The molecule has 2 saturated carbocycles. The third-order valence-electron chi connectivity index (χ3n) is 8.13. The number of benzene rings is 1. The number of carbonyl (C=O) groups excluding carboxylic acids is 2. The van der Waals surface area contributed by atoms with Gasteiger partial charge in [-0.2, -0.15) is 5.10 Å². The summed E-state index contributed by atoms with van der Waals surface area (Å²) in [6.07, 6.45) is 7.28. The van der Waals surface area contributed by atoms with Crippen LogP contribution in [0.5, 0.6) is 0 Å². The highest BCUT2D eigenvalue weighted by atomic mass is 32.2. The molecular formula is C27H38FN5O2S. The van der Waals surface area contributed by atoms with Crippen LogP contribution in [0.1, 0.15) is 70.8 Å². The van der Waals surface area contributed by atoms with Crippen molar-refractivity contribution in [2.45, 2.75) is 89.3 Å². The lowest BCUT2D eigenvalue weighted by molar-refractivity contribution is -0.158. The van der Waals surface area contributed by atoms with Crippen LogP contribution in [0.25, 0.3) is 0 Å². The molecule has 2 heterocycles. The average molecular weight is 516 g/mol. The van der Waals surface area contributed by atoms with Crippen molar-refractivity contribution >= 4 is 28.7 Å². The van der Waals surface area contributed by atoms with Crippen molar-refractivity contribution in [3.05, 3.63) is 35.6 Å². The van der Waals surface area contributed by atoms with E-state index in [1.807, 2.05) is 4.90 Å². The Balaban J connectivity index is 1.33. The molecule has 4 unspecified atom stereocenters. The molecule has 4 atom stereocenters. The van der Waals surface area contributed by atoms with Crippen LogP contribution < -0.4 is 10.7 Å². The molecule has 1 aromatic rings. The molecule has 196 valence electrons. The Kier molecular flexibility index (Phi) is 7.74. The monoisotopic (exact) mass is 515 g/mol. The van der Waals surface area contributed by atoms with E-state index in [4.69, 9.17) is 0 Å². The minimum Gasteiger partial charge on any atom is -0.353 e. The fraction of sp³-hybridized carbons (Fsp3) is 0.667. The summed E-state index contributed by atoms with van der Waals surface area (Å²) in [5.41, 5.74) is 4.25. The third kappa shape index (κ3) is 5.36. The van der Waals surface area contributed by atoms with Crippen LogP contribution in [-0.2, 0) is 15.3 Å². The Hall–Kier alpha value is -2.29. The van der Waals surface area contributed by atoms with Gasteiger partial charge in [-0.05, 0) is 62.1 Å². The number of hydrogen-bond donors (Lipinski definition) is 2. The van der Waals surface area contributed by atoms with Gasteiger partial charge in [0.15, 0.2) is 11.5 Å². The number of hydrogen-bond acceptors (Lipinski definition) is 6. The van der Waals surface area contributed by atoms with E-state index >= 15 is 0 Å². The van der Waals surface area contributed by atoms with E-state index in [2.05, 4.69) is 34.6 Å². The lowest BCUT2D eigenvalue weighted by atomic mass is 9.75. The first-order valence-electron chi connectivity index (χ1n) is 13.5. The van der Waals surface area contributed by atoms with Gasteiger partial charge in [0.1, 0.15) is 5.82 Å². The number of nitrogens with one attached hydrogen (secondary N) is 2. The minimum absolute atomic E-state index is 0.0552. The second kappa shape index (κ2) is 11.0. The Morgan fingerprint density at radius 1 is 1.19 bits per heavy atom. The van der Waals surface area contributed by atoms with Crippen molar-refractivity contribution < 1.29 is 14.0 Å². The molecule has 3 fully saturated rings. The molecule has 0 bridgehead atoms. The lowest BCUT2D eigenvalue weighted by Crippen LogP contribution is -2.68. The van der Waals surface area contributed by atoms with Gasteiger partial charge in [-0.25, -0.2) is 4.39 Å². The van der Waals surface area contributed by atoms with Crippen molar-refractivity contribution in [1.29, 1.82) is 0 Å². The molecule has 2 N–H and O–H groups in total. The molecule has 1 saturated heterocycles. The number of hydrazone groups is 1. The van der Waals surface area contributed by atoms with Crippen LogP contribution in [0.15, 0.2) is 29.4 Å². The average Bonchev–Trinajstić information content (AvgIpc) is 3.53. The number of thioether (sulfide) groups is 1. The molecular weight excluding hydrogens is 477 g/mol. The predicted octanol–water partition coefficient (Wildman–Crippen LogP) is 4.25. The topological polar surface area (TPSA) is 77.0 Å². The van der Waals surface area contributed by atoms with Crippen LogP contribution in [0, 0.1) is 23.6 Å². The maximum Gasteiger partial charge on any atom is 0.230 e. The fourth-order valence-corrected chi connectivity index (χ4v) is 7.04.